The quantitative estimate of drug-likeness (QED) is 0.214. The second-order valence-electron chi connectivity index (χ2n) is 8.77. The molecule has 0 saturated carbocycles. The zero-order valence-corrected chi connectivity index (χ0v) is 18.6. The number of hydrogen-bond donors (Lipinski definition) is 1. The Morgan fingerprint density at radius 2 is 1.21 bits per heavy atom. The van der Waals surface area contributed by atoms with E-state index in [0.29, 0.717) is 6.04 Å². The van der Waals surface area contributed by atoms with Gasteiger partial charge in [-0.1, -0.05) is 101 Å². The molecule has 1 heteroatoms. The van der Waals surface area contributed by atoms with E-state index in [4.69, 9.17) is 0 Å². The topological polar surface area (TPSA) is 12.0 Å². The van der Waals surface area contributed by atoms with E-state index in [9.17, 15) is 0 Å². The van der Waals surface area contributed by atoms with E-state index in [1.165, 1.54) is 109 Å². The van der Waals surface area contributed by atoms with Crippen molar-refractivity contribution >= 4 is 0 Å². The van der Waals surface area contributed by atoms with Gasteiger partial charge in [0.1, 0.15) is 0 Å². The van der Waals surface area contributed by atoms with E-state index in [-0.39, 0.29) is 0 Å². The maximum atomic E-state index is 3.77. The van der Waals surface area contributed by atoms with Gasteiger partial charge in [0.25, 0.3) is 0 Å². The third-order valence-corrected chi connectivity index (χ3v) is 6.17. The summed E-state index contributed by atoms with van der Waals surface area (Å²) in [5.74, 6) is 0. The first-order valence-corrected chi connectivity index (χ1v) is 12.4. The molecule has 28 heavy (non-hydrogen) atoms. The van der Waals surface area contributed by atoms with Crippen LogP contribution in [0.4, 0.5) is 0 Å². The van der Waals surface area contributed by atoms with Gasteiger partial charge in [-0.25, -0.2) is 0 Å². The lowest BCUT2D eigenvalue weighted by molar-refractivity contribution is 0.502. The highest BCUT2D eigenvalue weighted by atomic mass is 14.9. The molecule has 1 aromatic carbocycles. The molecule has 0 radical (unpaired) electrons. The molecule has 0 aliphatic heterocycles. The standard InChI is InChI=1S/C27H45N/c1-2-3-4-5-6-7-8-9-10-11-12-13-14-15-16-19-22-28-27-23-25-20-17-18-21-26(25)24-27/h9-10,17-18,20-21,27-28H,2-8,11-16,19,22-24H2,1H3/b10-9-. The van der Waals surface area contributed by atoms with Crippen LogP contribution in [-0.4, -0.2) is 12.6 Å². The Morgan fingerprint density at radius 3 is 1.79 bits per heavy atom. The van der Waals surface area contributed by atoms with Crippen molar-refractivity contribution in [1.29, 1.82) is 0 Å². The molecule has 1 aliphatic rings. The molecule has 0 bridgehead atoms. The van der Waals surface area contributed by atoms with Crippen LogP contribution in [0.3, 0.4) is 0 Å². The monoisotopic (exact) mass is 383 g/mol. The second-order valence-corrected chi connectivity index (χ2v) is 8.77. The molecule has 1 N–H and O–H groups in total. The van der Waals surface area contributed by atoms with E-state index in [1.54, 1.807) is 11.1 Å². The van der Waals surface area contributed by atoms with Gasteiger partial charge in [0.2, 0.25) is 0 Å². The largest absolute Gasteiger partial charge is 0.313 e. The van der Waals surface area contributed by atoms with Crippen molar-refractivity contribution in [3.8, 4) is 0 Å². The van der Waals surface area contributed by atoms with Crippen molar-refractivity contribution in [2.45, 2.75) is 116 Å². The number of nitrogens with one attached hydrogen (secondary N) is 1. The predicted octanol–water partition coefficient (Wildman–Crippen LogP) is 7.78. The number of unbranched alkanes of at least 4 members (excludes halogenated alkanes) is 12. The van der Waals surface area contributed by atoms with Crippen LogP contribution in [0, 0.1) is 0 Å². The summed E-state index contributed by atoms with van der Waals surface area (Å²) in [4.78, 5) is 0. The van der Waals surface area contributed by atoms with Crippen LogP contribution in [0.5, 0.6) is 0 Å². The summed E-state index contributed by atoms with van der Waals surface area (Å²) in [5, 5.41) is 3.77. The molecule has 0 aromatic heterocycles. The zero-order valence-electron chi connectivity index (χ0n) is 18.6. The van der Waals surface area contributed by atoms with E-state index in [0.717, 1.165) is 0 Å². The van der Waals surface area contributed by atoms with Crippen molar-refractivity contribution in [1.82, 2.24) is 5.32 Å². The Bertz CT molecular complexity index is 494. The smallest absolute Gasteiger partial charge is 0.0148 e. The summed E-state index contributed by atoms with van der Waals surface area (Å²) in [5.41, 5.74) is 3.11. The molecule has 0 spiro atoms. The molecule has 0 unspecified atom stereocenters. The van der Waals surface area contributed by atoms with Crippen molar-refractivity contribution in [2.75, 3.05) is 6.54 Å². The van der Waals surface area contributed by atoms with Crippen molar-refractivity contribution in [3.63, 3.8) is 0 Å². The van der Waals surface area contributed by atoms with Crippen LogP contribution >= 0.6 is 0 Å². The maximum Gasteiger partial charge on any atom is 0.0148 e. The normalized spacial score (nSPS) is 14.2. The first-order valence-electron chi connectivity index (χ1n) is 12.4. The molecule has 0 atom stereocenters. The lowest BCUT2D eigenvalue weighted by atomic mass is 10.1. The van der Waals surface area contributed by atoms with Crippen molar-refractivity contribution < 1.29 is 0 Å². The molecule has 1 nitrogen and oxygen atoms in total. The van der Waals surface area contributed by atoms with E-state index < -0.39 is 0 Å². The van der Waals surface area contributed by atoms with Crippen molar-refractivity contribution in [3.05, 3.63) is 47.5 Å². The summed E-state index contributed by atoms with van der Waals surface area (Å²) in [6, 6.07) is 9.61. The van der Waals surface area contributed by atoms with Gasteiger partial charge in [0, 0.05) is 6.04 Å². The SMILES string of the molecule is CCCCCCCC/C=C\CCCCCCCCNC1Cc2ccccc2C1. The van der Waals surface area contributed by atoms with Crippen LogP contribution in [0.15, 0.2) is 36.4 Å². The summed E-state index contributed by atoms with van der Waals surface area (Å²) in [6.45, 7) is 3.48. The fourth-order valence-corrected chi connectivity index (χ4v) is 4.38. The number of fused-ring (bicyclic) bond motifs is 1. The summed E-state index contributed by atoms with van der Waals surface area (Å²) >= 11 is 0. The molecule has 2 rings (SSSR count). The number of rotatable bonds is 17. The highest BCUT2D eigenvalue weighted by Crippen LogP contribution is 2.21. The average molecular weight is 384 g/mol. The molecular weight excluding hydrogens is 338 g/mol. The van der Waals surface area contributed by atoms with Gasteiger partial charge in [0.15, 0.2) is 0 Å². The van der Waals surface area contributed by atoms with Crippen LogP contribution in [0.2, 0.25) is 0 Å². The fraction of sp³-hybridized carbons (Fsp3) is 0.704. The Morgan fingerprint density at radius 1 is 0.714 bits per heavy atom. The zero-order chi connectivity index (χ0) is 19.7. The molecule has 0 heterocycles. The van der Waals surface area contributed by atoms with Gasteiger partial charge < -0.3 is 5.32 Å². The molecular formula is C27H45N. The minimum atomic E-state index is 0.681. The summed E-state index contributed by atoms with van der Waals surface area (Å²) in [7, 11) is 0. The van der Waals surface area contributed by atoms with E-state index >= 15 is 0 Å². The predicted molar refractivity (Wildman–Crippen MR) is 125 cm³/mol. The number of hydrogen-bond acceptors (Lipinski definition) is 1. The third kappa shape index (κ3) is 10.5. The lowest BCUT2D eigenvalue weighted by Gasteiger charge is -2.11. The third-order valence-electron chi connectivity index (χ3n) is 6.17. The molecule has 0 amide bonds. The molecule has 0 fully saturated rings. The van der Waals surface area contributed by atoms with Crippen LogP contribution < -0.4 is 5.32 Å². The van der Waals surface area contributed by atoms with Gasteiger partial charge in [-0.3, -0.25) is 0 Å². The van der Waals surface area contributed by atoms with Gasteiger partial charge in [-0.2, -0.15) is 0 Å². The van der Waals surface area contributed by atoms with Crippen LogP contribution in [0.1, 0.15) is 108 Å². The Labute approximate surface area is 175 Å². The lowest BCUT2D eigenvalue weighted by Crippen LogP contribution is -2.30. The first-order chi connectivity index (χ1) is 13.9. The first kappa shape index (κ1) is 23.2. The van der Waals surface area contributed by atoms with E-state index in [1.807, 2.05) is 0 Å². The highest BCUT2D eigenvalue weighted by molar-refractivity contribution is 5.33. The Hall–Kier alpha value is -1.08. The van der Waals surface area contributed by atoms with Gasteiger partial charge in [-0.15, -0.1) is 0 Å². The van der Waals surface area contributed by atoms with Gasteiger partial charge in [-0.05, 0) is 62.6 Å². The second kappa shape index (κ2) is 15.8. The molecule has 1 aromatic rings. The van der Waals surface area contributed by atoms with Crippen LogP contribution in [0.25, 0.3) is 0 Å². The molecule has 158 valence electrons. The van der Waals surface area contributed by atoms with Crippen LogP contribution in [-0.2, 0) is 12.8 Å². The molecule has 1 aliphatic carbocycles. The summed E-state index contributed by atoms with van der Waals surface area (Å²) in [6.07, 6.45) is 26.7. The fourth-order valence-electron chi connectivity index (χ4n) is 4.38. The minimum absolute atomic E-state index is 0.681. The molecule has 0 saturated heterocycles. The van der Waals surface area contributed by atoms with Gasteiger partial charge >= 0.3 is 0 Å². The maximum absolute atomic E-state index is 3.77. The van der Waals surface area contributed by atoms with E-state index in [2.05, 4.69) is 48.7 Å². The van der Waals surface area contributed by atoms with Crippen molar-refractivity contribution in [2.24, 2.45) is 0 Å². The number of allylic oxidation sites excluding steroid dienone is 2. The van der Waals surface area contributed by atoms with Gasteiger partial charge in [0.05, 0.1) is 0 Å². The number of benzene rings is 1. The summed E-state index contributed by atoms with van der Waals surface area (Å²) < 4.78 is 0. The Balaban J connectivity index is 1.29. The average Bonchev–Trinajstić information content (AvgIpc) is 3.13. The minimum Gasteiger partial charge on any atom is -0.313 e. The highest BCUT2D eigenvalue weighted by Gasteiger charge is 2.19. The Kier molecular flexibility index (Phi) is 13.1.